The van der Waals surface area contributed by atoms with E-state index in [1.54, 1.807) is 0 Å². The van der Waals surface area contributed by atoms with E-state index in [9.17, 15) is 0 Å². The van der Waals surface area contributed by atoms with Crippen molar-refractivity contribution in [2.24, 2.45) is 12.8 Å². The second-order valence-electron chi connectivity index (χ2n) is 5.23. The lowest BCUT2D eigenvalue weighted by Crippen LogP contribution is -2.42. The van der Waals surface area contributed by atoms with Crippen molar-refractivity contribution in [1.82, 2.24) is 9.78 Å². The summed E-state index contributed by atoms with van der Waals surface area (Å²) in [6, 6.07) is 6.72. The van der Waals surface area contributed by atoms with E-state index in [1.807, 2.05) is 11.7 Å². The van der Waals surface area contributed by atoms with Crippen LogP contribution in [0.25, 0.3) is 10.9 Å². The van der Waals surface area contributed by atoms with Crippen LogP contribution in [0.15, 0.2) is 18.2 Å². The average Bonchev–Trinajstić information content (AvgIpc) is 2.65. The zero-order chi connectivity index (χ0) is 12.7. The van der Waals surface area contributed by atoms with Crippen molar-refractivity contribution in [1.29, 1.82) is 0 Å². The summed E-state index contributed by atoms with van der Waals surface area (Å²) in [5, 5.41) is 5.80. The fraction of sp³-hybridized carbons (Fsp3) is 0.500. The smallest absolute Gasteiger partial charge is 0.0702 e. The summed E-state index contributed by atoms with van der Waals surface area (Å²) in [4.78, 5) is 2.41. The molecule has 0 radical (unpaired) electrons. The minimum atomic E-state index is 0.297. The lowest BCUT2D eigenvalue weighted by molar-refractivity contribution is 0.507. The van der Waals surface area contributed by atoms with Gasteiger partial charge in [0.15, 0.2) is 0 Å². The maximum absolute atomic E-state index is 6.09. The summed E-state index contributed by atoms with van der Waals surface area (Å²) >= 11 is 0. The summed E-state index contributed by atoms with van der Waals surface area (Å²) in [7, 11) is 2.00. The molecule has 1 fully saturated rings. The highest BCUT2D eigenvalue weighted by atomic mass is 15.3. The van der Waals surface area contributed by atoms with Gasteiger partial charge in [-0.05, 0) is 31.9 Å². The zero-order valence-corrected chi connectivity index (χ0v) is 11.1. The number of hydrogen-bond acceptors (Lipinski definition) is 3. The van der Waals surface area contributed by atoms with Gasteiger partial charge in [-0.1, -0.05) is 6.07 Å². The van der Waals surface area contributed by atoms with Crippen molar-refractivity contribution in [2.75, 3.05) is 18.0 Å². The zero-order valence-electron chi connectivity index (χ0n) is 11.1. The van der Waals surface area contributed by atoms with Crippen LogP contribution in [0.3, 0.4) is 0 Å². The van der Waals surface area contributed by atoms with Crippen LogP contribution in [0.5, 0.6) is 0 Å². The predicted molar refractivity (Wildman–Crippen MR) is 74.9 cm³/mol. The Bertz CT molecular complexity index is 572. The fourth-order valence-electron chi connectivity index (χ4n) is 2.99. The Morgan fingerprint density at radius 2 is 2.22 bits per heavy atom. The van der Waals surface area contributed by atoms with E-state index < -0.39 is 0 Å². The first-order chi connectivity index (χ1) is 8.66. The molecule has 1 aromatic heterocycles. The summed E-state index contributed by atoms with van der Waals surface area (Å²) < 4.78 is 1.96. The summed E-state index contributed by atoms with van der Waals surface area (Å²) in [5.74, 6) is 0. The van der Waals surface area contributed by atoms with Crippen LogP contribution in [0.1, 0.15) is 18.5 Å². The van der Waals surface area contributed by atoms with Crippen molar-refractivity contribution < 1.29 is 0 Å². The molecule has 1 unspecified atom stereocenters. The van der Waals surface area contributed by atoms with Crippen LogP contribution in [-0.4, -0.2) is 28.9 Å². The molecule has 0 aliphatic carbocycles. The first-order valence-corrected chi connectivity index (χ1v) is 6.59. The normalized spacial score (nSPS) is 20.6. The second-order valence-corrected chi connectivity index (χ2v) is 5.23. The van der Waals surface area contributed by atoms with Gasteiger partial charge in [-0.2, -0.15) is 5.10 Å². The van der Waals surface area contributed by atoms with Gasteiger partial charge in [0.05, 0.1) is 11.2 Å². The quantitative estimate of drug-likeness (QED) is 0.832. The molecule has 2 aromatic rings. The number of benzene rings is 1. The highest BCUT2D eigenvalue weighted by Crippen LogP contribution is 2.30. The second kappa shape index (κ2) is 4.28. The molecule has 0 saturated carbocycles. The van der Waals surface area contributed by atoms with Gasteiger partial charge in [0.25, 0.3) is 0 Å². The molecule has 4 nitrogen and oxygen atoms in total. The number of piperidine rings is 1. The minimum Gasteiger partial charge on any atom is -0.369 e. The van der Waals surface area contributed by atoms with E-state index in [-0.39, 0.29) is 0 Å². The van der Waals surface area contributed by atoms with E-state index in [1.165, 1.54) is 23.0 Å². The lowest BCUT2D eigenvalue weighted by atomic mass is 10.0. The number of nitrogens with two attached hydrogens (primary N) is 1. The van der Waals surface area contributed by atoms with Gasteiger partial charge >= 0.3 is 0 Å². The van der Waals surface area contributed by atoms with E-state index >= 15 is 0 Å². The molecule has 1 saturated heterocycles. The van der Waals surface area contributed by atoms with Crippen LogP contribution in [0.4, 0.5) is 5.69 Å². The third-order valence-corrected chi connectivity index (χ3v) is 3.83. The highest BCUT2D eigenvalue weighted by Gasteiger charge is 2.20. The topological polar surface area (TPSA) is 47.1 Å². The van der Waals surface area contributed by atoms with E-state index in [0.717, 1.165) is 25.2 Å². The molecular formula is C14H20N4. The van der Waals surface area contributed by atoms with E-state index in [4.69, 9.17) is 5.73 Å². The van der Waals surface area contributed by atoms with Crippen LogP contribution in [0.2, 0.25) is 0 Å². The first kappa shape index (κ1) is 11.5. The number of nitrogens with zero attached hydrogens (tertiary/aromatic N) is 3. The Kier molecular flexibility index (Phi) is 2.74. The van der Waals surface area contributed by atoms with Gasteiger partial charge in [-0.15, -0.1) is 0 Å². The Hall–Kier alpha value is -1.55. The molecule has 2 heterocycles. The Balaban J connectivity index is 2.11. The molecule has 3 rings (SSSR count). The number of aromatic nitrogens is 2. The van der Waals surface area contributed by atoms with Crippen LogP contribution in [-0.2, 0) is 7.05 Å². The molecule has 1 aliphatic rings. The van der Waals surface area contributed by atoms with Crippen molar-refractivity contribution in [2.45, 2.75) is 25.8 Å². The molecular weight excluding hydrogens is 224 g/mol. The van der Waals surface area contributed by atoms with Crippen molar-refractivity contribution in [3.8, 4) is 0 Å². The number of rotatable bonds is 1. The van der Waals surface area contributed by atoms with E-state index in [0.29, 0.717) is 6.04 Å². The van der Waals surface area contributed by atoms with Crippen molar-refractivity contribution in [3.63, 3.8) is 0 Å². The maximum atomic E-state index is 6.09. The third-order valence-electron chi connectivity index (χ3n) is 3.83. The molecule has 1 aromatic carbocycles. The third kappa shape index (κ3) is 1.77. The predicted octanol–water partition coefficient (Wildman–Crippen LogP) is 1.81. The minimum absolute atomic E-state index is 0.297. The number of hydrogen-bond donors (Lipinski definition) is 1. The fourth-order valence-corrected chi connectivity index (χ4v) is 2.99. The Morgan fingerprint density at radius 1 is 1.39 bits per heavy atom. The number of aryl methyl sites for hydroxylation is 2. The average molecular weight is 244 g/mol. The molecule has 0 amide bonds. The van der Waals surface area contributed by atoms with Crippen molar-refractivity contribution >= 4 is 16.6 Å². The van der Waals surface area contributed by atoms with Gasteiger partial charge in [-0.3, -0.25) is 4.68 Å². The van der Waals surface area contributed by atoms with E-state index in [2.05, 4.69) is 35.1 Å². The molecule has 0 spiro atoms. The number of fused-ring (bicyclic) bond motifs is 1. The Labute approximate surface area is 107 Å². The molecule has 18 heavy (non-hydrogen) atoms. The Morgan fingerprint density at radius 3 is 3.00 bits per heavy atom. The maximum Gasteiger partial charge on any atom is 0.0702 e. The molecule has 2 N–H and O–H groups in total. The summed E-state index contributed by atoms with van der Waals surface area (Å²) in [5.41, 5.74) is 9.67. The van der Waals surface area contributed by atoms with Gasteiger partial charge in [0.1, 0.15) is 0 Å². The molecule has 96 valence electrons. The molecule has 4 heteroatoms. The summed E-state index contributed by atoms with van der Waals surface area (Å²) in [6.45, 7) is 4.13. The first-order valence-electron chi connectivity index (χ1n) is 6.59. The standard InChI is InChI=1S/C14H20N4/c1-10-14-12(17(2)16-10)6-3-7-13(14)18-8-4-5-11(15)9-18/h3,6-7,11H,4-5,8-9,15H2,1-2H3. The van der Waals surface area contributed by atoms with Crippen LogP contribution < -0.4 is 10.6 Å². The summed E-state index contributed by atoms with van der Waals surface area (Å²) in [6.07, 6.45) is 2.31. The monoisotopic (exact) mass is 244 g/mol. The van der Waals surface area contributed by atoms with Crippen molar-refractivity contribution in [3.05, 3.63) is 23.9 Å². The SMILES string of the molecule is Cc1nn(C)c2cccc(N3CCCC(N)C3)c12. The highest BCUT2D eigenvalue weighted by molar-refractivity contribution is 5.94. The van der Waals surface area contributed by atoms with Gasteiger partial charge in [-0.25, -0.2) is 0 Å². The lowest BCUT2D eigenvalue weighted by Gasteiger charge is -2.33. The molecule has 1 atom stereocenters. The van der Waals surface area contributed by atoms with Crippen LogP contribution in [0, 0.1) is 6.92 Å². The van der Waals surface area contributed by atoms with Gasteiger partial charge in [0, 0.05) is 37.3 Å². The largest absolute Gasteiger partial charge is 0.369 e. The van der Waals surface area contributed by atoms with Crippen LogP contribution >= 0.6 is 0 Å². The molecule has 1 aliphatic heterocycles. The molecule has 0 bridgehead atoms. The van der Waals surface area contributed by atoms with Gasteiger partial charge in [0.2, 0.25) is 0 Å². The van der Waals surface area contributed by atoms with Gasteiger partial charge < -0.3 is 10.6 Å². The number of anilines is 1.